The molecule has 0 bridgehead atoms. The predicted molar refractivity (Wildman–Crippen MR) is 69.7 cm³/mol. The third kappa shape index (κ3) is 2.36. The fraction of sp³-hybridized carbons (Fsp3) is 0.267. The summed E-state index contributed by atoms with van der Waals surface area (Å²) < 4.78 is 10.5. The molecule has 0 spiro atoms. The third-order valence-corrected chi connectivity index (χ3v) is 3.25. The number of hydrogen-bond donors (Lipinski definition) is 0. The van der Waals surface area contributed by atoms with E-state index in [0.29, 0.717) is 18.7 Å². The van der Waals surface area contributed by atoms with Gasteiger partial charge in [0.15, 0.2) is 0 Å². The molecule has 0 heterocycles. The molecule has 0 saturated heterocycles. The van der Waals surface area contributed by atoms with Crippen LogP contribution in [0.1, 0.15) is 18.9 Å². The lowest BCUT2D eigenvalue weighted by Gasteiger charge is -2.33. The summed E-state index contributed by atoms with van der Waals surface area (Å²) in [7, 11) is 1.67. The van der Waals surface area contributed by atoms with Crippen LogP contribution in [0.4, 0.5) is 0 Å². The van der Waals surface area contributed by atoms with Gasteiger partial charge in [0.2, 0.25) is 0 Å². The maximum absolute atomic E-state index is 10.4. The largest absolute Gasteiger partial charge is 0.433 e. The molecule has 1 aliphatic rings. The Hall–Kier alpha value is -1.87. The zero-order valence-corrected chi connectivity index (χ0v) is 10.6. The van der Waals surface area contributed by atoms with Crippen molar-refractivity contribution in [1.82, 2.24) is 0 Å². The van der Waals surface area contributed by atoms with Gasteiger partial charge in [-0.1, -0.05) is 36.4 Å². The molecular formula is C15H16O3. The van der Waals surface area contributed by atoms with Crippen LogP contribution < -0.4 is 0 Å². The van der Waals surface area contributed by atoms with Crippen molar-refractivity contribution in [2.24, 2.45) is 0 Å². The number of benzene rings is 1. The lowest BCUT2D eigenvalue weighted by atomic mass is 9.83. The van der Waals surface area contributed by atoms with Crippen LogP contribution in [-0.4, -0.2) is 19.2 Å². The lowest BCUT2D eigenvalue weighted by molar-refractivity contribution is -0.125. The Morgan fingerprint density at radius 2 is 1.94 bits per heavy atom. The summed E-state index contributed by atoms with van der Waals surface area (Å²) in [6.07, 6.45) is 4.31. The van der Waals surface area contributed by atoms with Crippen molar-refractivity contribution in [3.8, 4) is 0 Å². The Labute approximate surface area is 107 Å². The quantitative estimate of drug-likeness (QED) is 0.764. The first-order chi connectivity index (χ1) is 8.69. The highest BCUT2D eigenvalue weighted by molar-refractivity contribution is 5.75. The van der Waals surface area contributed by atoms with Crippen LogP contribution >= 0.6 is 0 Å². The number of methoxy groups -OCH3 is 1. The van der Waals surface area contributed by atoms with Crippen molar-refractivity contribution in [3.05, 3.63) is 53.8 Å². The molecule has 3 nitrogen and oxygen atoms in total. The van der Waals surface area contributed by atoms with Crippen LogP contribution in [-0.2, 0) is 14.3 Å². The van der Waals surface area contributed by atoms with E-state index in [2.05, 4.69) is 0 Å². The van der Waals surface area contributed by atoms with Gasteiger partial charge in [-0.3, -0.25) is 4.79 Å². The van der Waals surface area contributed by atoms with E-state index in [0.717, 1.165) is 11.1 Å². The zero-order valence-electron chi connectivity index (χ0n) is 10.6. The molecule has 3 heteroatoms. The van der Waals surface area contributed by atoms with Crippen LogP contribution in [0.25, 0.3) is 5.57 Å². The van der Waals surface area contributed by atoms with E-state index in [-0.39, 0.29) is 0 Å². The van der Waals surface area contributed by atoms with E-state index in [4.69, 9.17) is 9.47 Å². The van der Waals surface area contributed by atoms with Gasteiger partial charge in [0, 0.05) is 13.5 Å². The van der Waals surface area contributed by atoms with Crippen LogP contribution in [0.3, 0.4) is 0 Å². The monoisotopic (exact) mass is 244 g/mol. The number of carbonyl (C=O) groups is 1. The number of carbonyl (C=O) groups excluding carboxylic acids is 1. The standard InChI is InChI=1S/C15H16O3/c1-15(17-2)10-13(18-11-16)8-9-14(15)12-6-4-3-5-7-12/h3-9,11H,10H2,1-2H3. The summed E-state index contributed by atoms with van der Waals surface area (Å²) in [4.78, 5) is 10.4. The Morgan fingerprint density at radius 1 is 1.22 bits per heavy atom. The molecule has 1 unspecified atom stereocenters. The van der Waals surface area contributed by atoms with Gasteiger partial charge in [0.25, 0.3) is 6.47 Å². The summed E-state index contributed by atoms with van der Waals surface area (Å²) in [6, 6.07) is 10.1. The van der Waals surface area contributed by atoms with Gasteiger partial charge in [0.1, 0.15) is 5.76 Å². The Bertz CT molecular complexity index is 488. The number of ether oxygens (including phenoxy) is 2. The molecule has 1 aromatic carbocycles. The van der Waals surface area contributed by atoms with Crippen LogP contribution in [0.2, 0.25) is 0 Å². The Morgan fingerprint density at radius 3 is 2.56 bits per heavy atom. The van der Waals surface area contributed by atoms with E-state index in [1.54, 1.807) is 7.11 Å². The average Bonchev–Trinajstić information content (AvgIpc) is 2.40. The first kappa shape index (κ1) is 12.6. The fourth-order valence-corrected chi connectivity index (χ4v) is 2.18. The highest BCUT2D eigenvalue weighted by Gasteiger charge is 2.33. The molecule has 0 radical (unpaired) electrons. The third-order valence-electron chi connectivity index (χ3n) is 3.25. The first-order valence-electron chi connectivity index (χ1n) is 5.82. The van der Waals surface area contributed by atoms with Crippen LogP contribution in [0.5, 0.6) is 0 Å². The van der Waals surface area contributed by atoms with Crippen molar-refractivity contribution in [1.29, 1.82) is 0 Å². The first-order valence-corrected chi connectivity index (χ1v) is 5.82. The average molecular weight is 244 g/mol. The molecule has 1 atom stereocenters. The zero-order chi connectivity index (χ0) is 13.0. The highest BCUT2D eigenvalue weighted by Crippen LogP contribution is 2.38. The summed E-state index contributed by atoms with van der Waals surface area (Å²) in [5.41, 5.74) is 1.72. The minimum atomic E-state index is -0.478. The van der Waals surface area contributed by atoms with E-state index >= 15 is 0 Å². The maximum Gasteiger partial charge on any atom is 0.298 e. The van der Waals surface area contributed by atoms with E-state index in [1.165, 1.54) is 0 Å². The second kappa shape index (κ2) is 5.19. The molecule has 18 heavy (non-hydrogen) atoms. The molecule has 2 rings (SSSR count). The van der Waals surface area contributed by atoms with Gasteiger partial charge >= 0.3 is 0 Å². The molecule has 0 fully saturated rings. The van der Waals surface area contributed by atoms with Gasteiger partial charge in [-0.25, -0.2) is 0 Å². The molecule has 1 aliphatic carbocycles. The lowest BCUT2D eigenvalue weighted by Crippen LogP contribution is -2.31. The molecule has 0 aliphatic heterocycles. The molecule has 0 saturated carbocycles. The van der Waals surface area contributed by atoms with Gasteiger partial charge in [-0.2, -0.15) is 0 Å². The smallest absolute Gasteiger partial charge is 0.298 e. The minimum Gasteiger partial charge on any atom is -0.433 e. The molecule has 94 valence electrons. The van der Waals surface area contributed by atoms with Crippen molar-refractivity contribution < 1.29 is 14.3 Å². The topological polar surface area (TPSA) is 35.5 Å². The number of allylic oxidation sites excluding steroid dienone is 2. The summed E-state index contributed by atoms with van der Waals surface area (Å²) in [5.74, 6) is 0.619. The minimum absolute atomic E-state index is 0.448. The van der Waals surface area contributed by atoms with Crippen molar-refractivity contribution in [3.63, 3.8) is 0 Å². The molecule has 0 aromatic heterocycles. The van der Waals surface area contributed by atoms with Crippen molar-refractivity contribution in [2.75, 3.05) is 7.11 Å². The van der Waals surface area contributed by atoms with Gasteiger partial charge < -0.3 is 9.47 Å². The van der Waals surface area contributed by atoms with Crippen LogP contribution in [0, 0.1) is 0 Å². The second-order valence-electron chi connectivity index (χ2n) is 4.41. The van der Waals surface area contributed by atoms with Crippen LogP contribution in [0.15, 0.2) is 48.2 Å². The van der Waals surface area contributed by atoms with Gasteiger partial charge in [0.05, 0.1) is 5.60 Å². The van der Waals surface area contributed by atoms with E-state index < -0.39 is 5.60 Å². The van der Waals surface area contributed by atoms with Crippen molar-refractivity contribution >= 4 is 12.0 Å². The maximum atomic E-state index is 10.4. The molecular weight excluding hydrogens is 228 g/mol. The SMILES string of the molecule is COC1(C)CC(OC=O)=CC=C1c1ccccc1. The normalized spacial score (nSPS) is 23.0. The summed E-state index contributed by atoms with van der Waals surface area (Å²) >= 11 is 0. The highest BCUT2D eigenvalue weighted by atomic mass is 16.5. The van der Waals surface area contributed by atoms with Gasteiger partial charge in [-0.15, -0.1) is 0 Å². The second-order valence-corrected chi connectivity index (χ2v) is 4.41. The predicted octanol–water partition coefficient (Wildman–Crippen LogP) is 2.94. The fourth-order valence-electron chi connectivity index (χ4n) is 2.18. The van der Waals surface area contributed by atoms with E-state index in [9.17, 15) is 4.79 Å². The number of rotatable bonds is 4. The Balaban J connectivity index is 2.40. The van der Waals surface area contributed by atoms with Gasteiger partial charge in [-0.05, 0) is 24.1 Å². The molecule has 0 amide bonds. The summed E-state index contributed by atoms with van der Waals surface area (Å²) in [6.45, 7) is 2.44. The summed E-state index contributed by atoms with van der Waals surface area (Å²) in [5, 5.41) is 0. The Kier molecular flexibility index (Phi) is 3.63. The van der Waals surface area contributed by atoms with E-state index in [1.807, 2.05) is 49.4 Å². The molecule has 1 aromatic rings. The number of hydrogen-bond acceptors (Lipinski definition) is 3. The van der Waals surface area contributed by atoms with Crippen molar-refractivity contribution in [2.45, 2.75) is 18.9 Å². The molecule has 0 N–H and O–H groups in total.